The third-order valence-electron chi connectivity index (χ3n) is 4.94. The summed E-state index contributed by atoms with van der Waals surface area (Å²) in [5.74, 6) is -2.13. The number of carbonyl (C=O) groups is 2. The highest BCUT2D eigenvalue weighted by molar-refractivity contribution is 8.77. The molecule has 0 radical (unpaired) electrons. The first-order chi connectivity index (χ1) is 26.8. The van der Waals surface area contributed by atoms with Gasteiger partial charge in [-0.15, -0.1) is 0 Å². The fraction of sp³-hybridized carbons (Fsp3) is 0.414. The number of pyridine rings is 3. The molecule has 0 amide bonds. The number of nitrogens with two attached hydrogens (primary N) is 2. The van der Waals surface area contributed by atoms with Gasteiger partial charge in [0, 0.05) is 67.8 Å². The predicted molar refractivity (Wildman–Crippen MR) is 252 cm³/mol. The van der Waals surface area contributed by atoms with E-state index >= 15 is 0 Å². The molecular weight excluding hydrogens is 1020 g/mol. The van der Waals surface area contributed by atoms with E-state index in [-0.39, 0.29) is 32.1 Å². The van der Waals surface area contributed by atoms with Gasteiger partial charge in [0.25, 0.3) is 13.4 Å². The van der Waals surface area contributed by atoms with Gasteiger partial charge >= 0.3 is 17.1 Å². The third-order valence-corrected chi connectivity index (χ3v) is 15.4. The predicted octanol–water partition coefficient (Wildman–Crippen LogP) is 11.4. The van der Waals surface area contributed by atoms with Crippen LogP contribution in [0.3, 0.4) is 0 Å². The molecule has 0 aliphatic heterocycles. The minimum absolute atomic E-state index is 0.0128. The number of nitrogens with one attached hydrogen (secondary N) is 1. The number of nitrogens with zero attached hydrogens (tertiary/aromatic N) is 3. The monoisotopic (exact) mass is 1060 g/mol. The normalized spacial score (nSPS) is 11.7. The van der Waals surface area contributed by atoms with Crippen molar-refractivity contribution in [3.05, 3.63) is 73.2 Å². The second-order valence-corrected chi connectivity index (χ2v) is 31.3. The van der Waals surface area contributed by atoms with Crippen LogP contribution < -0.4 is 16.6 Å². The van der Waals surface area contributed by atoms with Crippen LogP contribution in [0.2, 0.25) is 0 Å². The van der Waals surface area contributed by atoms with Gasteiger partial charge in [0.2, 0.25) is 0 Å². The summed E-state index contributed by atoms with van der Waals surface area (Å²) < 4.78 is 32.1. The lowest BCUT2D eigenvalue weighted by molar-refractivity contribution is -0.137. The van der Waals surface area contributed by atoms with E-state index < -0.39 is 30.5 Å². The molecule has 0 saturated heterocycles. The van der Waals surface area contributed by atoms with Gasteiger partial charge in [-0.05, 0) is 138 Å². The SMILES string of the molecule is NCCC(=O)O.NCCSSc1ccccn1.O=C(O)CCNP(=O)(O)CCCSSc1ccccn1.O=P(Cl)(Cl)CCCSSc1ccccn1.O=P(Cl)(Cl)Cl. The van der Waals surface area contributed by atoms with E-state index in [0.29, 0.717) is 12.6 Å². The molecule has 28 heteroatoms. The van der Waals surface area contributed by atoms with Crippen molar-refractivity contribution in [1.29, 1.82) is 0 Å². The summed E-state index contributed by atoms with van der Waals surface area (Å²) in [6.45, 7) is 0.971. The Kier molecular flexibility index (Phi) is 39.9. The van der Waals surface area contributed by atoms with E-state index in [0.717, 1.165) is 45.3 Å². The van der Waals surface area contributed by atoms with E-state index in [1.807, 2.05) is 54.6 Å². The lowest BCUT2D eigenvalue weighted by Gasteiger charge is -2.11. The zero-order valence-corrected chi connectivity index (χ0v) is 41.3. The van der Waals surface area contributed by atoms with Crippen molar-refractivity contribution in [3.63, 3.8) is 0 Å². The molecule has 57 heavy (non-hydrogen) atoms. The second-order valence-electron chi connectivity index (χ2n) is 9.82. The molecule has 324 valence electrons. The van der Waals surface area contributed by atoms with Crippen LogP contribution in [0.1, 0.15) is 25.7 Å². The first-order valence-electron chi connectivity index (χ1n) is 16.0. The van der Waals surface area contributed by atoms with Crippen molar-refractivity contribution in [2.24, 2.45) is 11.5 Å². The molecule has 1 unspecified atom stereocenters. The summed E-state index contributed by atoms with van der Waals surface area (Å²) in [6, 6.07) is 17.3. The van der Waals surface area contributed by atoms with Crippen LogP contribution in [0, 0.1) is 0 Å². The van der Waals surface area contributed by atoms with Crippen molar-refractivity contribution < 1.29 is 38.4 Å². The molecule has 3 aromatic heterocycles. The van der Waals surface area contributed by atoms with Crippen LogP contribution in [0.5, 0.6) is 0 Å². The highest BCUT2D eigenvalue weighted by Crippen LogP contribution is 2.61. The van der Waals surface area contributed by atoms with Crippen molar-refractivity contribution in [1.82, 2.24) is 20.0 Å². The number of carboxylic acid groups (broad SMARTS) is 2. The van der Waals surface area contributed by atoms with Gasteiger partial charge in [-0.2, -0.15) is 0 Å². The number of hydrogen-bond acceptors (Lipinski definition) is 16. The number of hydrogen-bond donors (Lipinski definition) is 6. The molecule has 0 aromatic carbocycles. The Bertz CT molecular complexity index is 1600. The first-order valence-corrected chi connectivity index (χ1v) is 32.9. The Hall–Kier alpha value is 0.470. The maximum atomic E-state index is 11.7. The van der Waals surface area contributed by atoms with Crippen LogP contribution in [-0.2, 0) is 23.3 Å². The maximum Gasteiger partial charge on any atom is 0.339 e. The van der Waals surface area contributed by atoms with Crippen molar-refractivity contribution in [2.75, 3.05) is 49.2 Å². The minimum Gasteiger partial charge on any atom is -0.481 e. The molecule has 8 N–H and O–H groups in total. The average molecular weight is 1070 g/mol. The Balaban J connectivity index is 0. The number of rotatable bonds is 22. The molecule has 3 rings (SSSR count). The molecule has 0 aliphatic carbocycles. The van der Waals surface area contributed by atoms with Crippen molar-refractivity contribution in [3.8, 4) is 0 Å². The van der Waals surface area contributed by atoms with E-state index in [4.69, 9.17) is 44.2 Å². The van der Waals surface area contributed by atoms with E-state index in [2.05, 4.69) is 53.8 Å². The van der Waals surface area contributed by atoms with Gasteiger partial charge in [0.1, 0.15) is 15.1 Å². The zero-order chi connectivity index (χ0) is 43.4. The molecule has 0 spiro atoms. The molecule has 14 nitrogen and oxygen atoms in total. The smallest absolute Gasteiger partial charge is 0.339 e. The summed E-state index contributed by atoms with van der Waals surface area (Å²) >= 11 is 24.7. The number of halogens is 5. The molecular formula is C29H44Cl5N6O8P3S6. The zero-order valence-electron chi connectivity index (χ0n) is 30.0. The molecule has 1 atom stereocenters. The fourth-order valence-corrected chi connectivity index (χ4v) is 11.3. The maximum absolute atomic E-state index is 11.7. The summed E-state index contributed by atoms with van der Waals surface area (Å²) in [5, 5.41) is 18.4. The second kappa shape index (κ2) is 38.2. The van der Waals surface area contributed by atoms with Crippen LogP contribution in [0.15, 0.2) is 88.3 Å². The van der Waals surface area contributed by atoms with Crippen LogP contribution in [0.25, 0.3) is 0 Å². The Morgan fingerprint density at radius 1 is 0.632 bits per heavy atom. The average Bonchev–Trinajstić information content (AvgIpc) is 3.12. The molecule has 0 aliphatic rings. The summed E-state index contributed by atoms with van der Waals surface area (Å²) in [4.78, 5) is 41.8. The summed E-state index contributed by atoms with van der Waals surface area (Å²) in [6.07, 6.45) is 7.05. The quantitative estimate of drug-likeness (QED) is 0.0311. The molecule has 0 bridgehead atoms. The van der Waals surface area contributed by atoms with Gasteiger partial charge < -0.3 is 26.6 Å². The van der Waals surface area contributed by atoms with Gasteiger partial charge in [-0.1, -0.05) is 50.6 Å². The summed E-state index contributed by atoms with van der Waals surface area (Å²) in [7, 11) is 6.36. The summed E-state index contributed by atoms with van der Waals surface area (Å²) in [5.41, 5.74) is 10.2. The number of aliphatic carboxylic acids is 2. The third kappa shape index (κ3) is 50.7. The largest absolute Gasteiger partial charge is 0.481 e. The fourth-order valence-electron chi connectivity index (χ4n) is 2.73. The first kappa shape index (κ1) is 59.6. The highest BCUT2D eigenvalue weighted by Gasteiger charge is 2.17. The van der Waals surface area contributed by atoms with Gasteiger partial charge in [-0.25, -0.2) is 20.0 Å². The molecule has 3 aromatic rings. The van der Waals surface area contributed by atoms with E-state index in [9.17, 15) is 28.2 Å². The van der Waals surface area contributed by atoms with Crippen LogP contribution in [0.4, 0.5) is 0 Å². The lowest BCUT2D eigenvalue weighted by Crippen LogP contribution is -2.17. The highest BCUT2D eigenvalue weighted by atomic mass is 36.0. The van der Waals surface area contributed by atoms with Crippen LogP contribution in [-0.4, -0.2) is 91.2 Å². The minimum atomic E-state index is -3.41. The van der Waals surface area contributed by atoms with Gasteiger partial charge in [-0.3, -0.25) is 23.3 Å². The van der Waals surface area contributed by atoms with E-state index in [1.165, 1.54) is 10.8 Å². The molecule has 3 heterocycles. The van der Waals surface area contributed by atoms with Crippen molar-refractivity contribution >= 4 is 151 Å². The Morgan fingerprint density at radius 3 is 1.32 bits per heavy atom. The molecule has 0 fully saturated rings. The van der Waals surface area contributed by atoms with E-state index in [1.54, 1.807) is 72.6 Å². The standard InChI is InChI=1S/C11H17N2O4PS2.C8H10Cl2NOPS2.C7H10N2S2.C3H7NO2.Cl3OP/c14-11(15)5-7-13-18(16,17)8-3-9-19-20-10-4-1-2-6-12-10;9-13(10,12)6-3-7-14-15-8-4-1-2-5-11-8;8-4-6-10-11-7-3-1-2-5-9-7;4-2-1-3(5)6;1-5(2,3)4/h1-2,4,6H,3,5,7-9H2,(H,14,15)(H2,13,16,17);1-2,4-5H,3,6-7H2;1-3,5H,4,6,8H2;1-2,4H2,(H,5,6);. The van der Waals surface area contributed by atoms with Gasteiger partial charge in [0.15, 0.2) is 0 Å². The van der Waals surface area contributed by atoms with Gasteiger partial charge in [0.05, 0.1) is 12.8 Å². The number of aromatic nitrogens is 3. The topological polar surface area (TPSA) is 249 Å². The van der Waals surface area contributed by atoms with Crippen molar-refractivity contribution in [2.45, 2.75) is 40.8 Å². The number of carboxylic acids is 2. The molecule has 0 saturated carbocycles. The Morgan fingerprint density at radius 2 is 1.02 bits per heavy atom. The van der Waals surface area contributed by atoms with Crippen LogP contribution >= 0.6 is 140 Å². The lowest BCUT2D eigenvalue weighted by atomic mass is 10.5. The Labute approximate surface area is 381 Å².